The first kappa shape index (κ1) is 11.4. The summed E-state index contributed by atoms with van der Waals surface area (Å²) in [6.45, 7) is 1.03. The molecule has 0 unspecified atom stereocenters. The molecule has 0 spiro atoms. The molecule has 2 aliphatic rings. The zero-order valence-corrected chi connectivity index (χ0v) is 10.3. The normalized spacial score (nSPS) is 27.8. The predicted octanol–water partition coefficient (Wildman–Crippen LogP) is 4.16. The molecule has 0 amide bonds. The summed E-state index contributed by atoms with van der Waals surface area (Å²) in [6, 6.07) is 0. The van der Waals surface area contributed by atoms with Crippen molar-refractivity contribution >= 4 is 0 Å². The number of ether oxygens (including phenoxy) is 1. The van der Waals surface area contributed by atoms with Gasteiger partial charge in [-0.15, -0.1) is 0 Å². The van der Waals surface area contributed by atoms with Crippen molar-refractivity contribution in [2.45, 2.75) is 64.2 Å². The van der Waals surface area contributed by atoms with E-state index < -0.39 is 0 Å². The topological polar surface area (TPSA) is 9.23 Å². The first-order valence-electron chi connectivity index (χ1n) is 6.86. The van der Waals surface area contributed by atoms with Crippen molar-refractivity contribution in [3.05, 3.63) is 0 Å². The van der Waals surface area contributed by atoms with E-state index in [1.165, 1.54) is 64.2 Å². The molecule has 0 radical (unpaired) electrons. The van der Waals surface area contributed by atoms with E-state index in [1.807, 2.05) is 7.11 Å². The van der Waals surface area contributed by atoms with Crippen LogP contribution in [0.25, 0.3) is 0 Å². The second kappa shape index (κ2) is 5.34. The fraction of sp³-hybridized carbons (Fsp3) is 1.00. The smallest absolute Gasteiger partial charge is 0.0521 e. The molecular weight excluding hydrogens is 184 g/mol. The zero-order valence-electron chi connectivity index (χ0n) is 10.3. The molecule has 2 aliphatic carbocycles. The van der Waals surface area contributed by atoms with Gasteiger partial charge < -0.3 is 4.74 Å². The van der Waals surface area contributed by atoms with Gasteiger partial charge in [0.05, 0.1) is 6.61 Å². The summed E-state index contributed by atoms with van der Waals surface area (Å²) >= 11 is 0. The van der Waals surface area contributed by atoms with Crippen LogP contribution >= 0.6 is 0 Å². The third kappa shape index (κ3) is 2.55. The van der Waals surface area contributed by atoms with E-state index in [0.717, 1.165) is 12.5 Å². The summed E-state index contributed by atoms with van der Waals surface area (Å²) in [5.41, 5.74) is 0.577. The summed E-state index contributed by atoms with van der Waals surface area (Å²) in [4.78, 5) is 0. The molecule has 1 heteroatoms. The van der Waals surface area contributed by atoms with Gasteiger partial charge >= 0.3 is 0 Å². The van der Waals surface area contributed by atoms with Crippen LogP contribution in [-0.2, 0) is 4.74 Å². The zero-order chi connectivity index (χ0) is 10.6. The minimum absolute atomic E-state index is 0.577. The molecule has 0 aliphatic heterocycles. The highest BCUT2D eigenvalue weighted by Crippen LogP contribution is 2.48. The van der Waals surface area contributed by atoms with E-state index in [4.69, 9.17) is 4.74 Å². The molecule has 88 valence electrons. The number of hydrogen-bond donors (Lipinski definition) is 0. The Bertz CT molecular complexity index is 170. The Hall–Kier alpha value is -0.0400. The third-order valence-corrected chi connectivity index (χ3v) is 4.75. The van der Waals surface area contributed by atoms with Crippen LogP contribution in [0.3, 0.4) is 0 Å². The highest BCUT2D eigenvalue weighted by atomic mass is 16.5. The molecule has 0 saturated heterocycles. The van der Waals surface area contributed by atoms with Gasteiger partial charge in [0.1, 0.15) is 0 Å². The maximum absolute atomic E-state index is 5.54. The molecular formula is C14H26O. The first-order chi connectivity index (χ1) is 7.37. The van der Waals surface area contributed by atoms with Crippen LogP contribution in [0.5, 0.6) is 0 Å². The summed E-state index contributed by atoms with van der Waals surface area (Å²) in [5, 5.41) is 0. The monoisotopic (exact) mass is 210 g/mol. The van der Waals surface area contributed by atoms with Crippen LogP contribution in [0.15, 0.2) is 0 Å². The molecule has 2 fully saturated rings. The van der Waals surface area contributed by atoms with Gasteiger partial charge in [-0.2, -0.15) is 0 Å². The van der Waals surface area contributed by atoms with Crippen LogP contribution in [0.2, 0.25) is 0 Å². The Labute approximate surface area is 94.6 Å². The number of rotatable bonds is 3. The molecule has 0 bridgehead atoms. The lowest BCUT2D eigenvalue weighted by Crippen LogP contribution is -2.38. The van der Waals surface area contributed by atoms with Crippen molar-refractivity contribution in [2.75, 3.05) is 13.7 Å². The summed E-state index contributed by atoms with van der Waals surface area (Å²) in [7, 11) is 1.89. The maximum Gasteiger partial charge on any atom is 0.0521 e. The molecule has 1 nitrogen and oxygen atoms in total. The van der Waals surface area contributed by atoms with Crippen molar-refractivity contribution in [3.63, 3.8) is 0 Å². The fourth-order valence-electron chi connectivity index (χ4n) is 3.93. The van der Waals surface area contributed by atoms with Crippen molar-refractivity contribution in [1.29, 1.82) is 0 Å². The number of methoxy groups -OCH3 is 1. The van der Waals surface area contributed by atoms with E-state index in [0.29, 0.717) is 5.41 Å². The van der Waals surface area contributed by atoms with Gasteiger partial charge in [-0.3, -0.25) is 0 Å². The minimum atomic E-state index is 0.577. The highest BCUT2D eigenvalue weighted by Gasteiger charge is 2.39. The van der Waals surface area contributed by atoms with Gasteiger partial charge in [-0.05, 0) is 37.0 Å². The van der Waals surface area contributed by atoms with Crippen LogP contribution in [0, 0.1) is 11.3 Å². The van der Waals surface area contributed by atoms with Gasteiger partial charge in [0.2, 0.25) is 0 Å². The maximum atomic E-state index is 5.54. The fourth-order valence-corrected chi connectivity index (χ4v) is 3.93. The molecule has 0 N–H and O–H groups in total. The Balaban J connectivity index is 2.01. The molecule has 2 rings (SSSR count). The molecule has 0 aromatic heterocycles. The highest BCUT2D eigenvalue weighted by molar-refractivity contribution is 4.90. The first-order valence-corrected chi connectivity index (χ1v) is 6.86. The largest absolute Gasteiger partial charge is 0.384 e. The van der Waals surface area contributed by atoms with Gasteiger partial charge in [-0.25, -0.2) is 0 Å². The van der Waals surface area contributed by atoms with Crippen LogP contribution < -0.4 is 0 Å². The quantitative estimate of drug-likeness (QED) is 0.679. The van der Waals surface area contributed by atoms with Gasteiger partial charge in [0.15, 0.2) is 0 Å². The van der Waals surface area contributed by atoms with Gasteiger partial charge in [0.25, 0.3) is 0 Å². The third-order valence-electron chi connectivity index (χ3n) is 4.75. The second-order valence-electron chi connectivity index (χ2n) is 5.69. The standard InChI is InChI=1S/C14H26O/c1-15-12-14(10-6-3-7-11-14)13-8-4-2-5-9-13/h13H,2-12H2,1H3. The van der Waals surface area contributed by atoms with Crippen LogP contribution in [0.1, 0.15) is 64.2 Å². The number of hydrogen-bond acceptors (Lipinski definition) is 1. The van der Waals surface area contributed by atoms with Crippen LogP contribution in [-0.4, -0.2) is 13.7 Å². The summed E-state index contributed by atoms with van der Waals surface area (Å²) in [6.07, 6.45) is 14.6. The van der Waals surface area contributed by atoms with Crippen LogP contribution in [0.4, 0.5) is 0 Å². The Morgan fingerprint density at radius 1 is 0.933 bits per heavy atom. The van der Waals surface area contributed by atoms with Crippen molar-refractivity contribution < 1.29 is 4.74 Å². The molecule has 0 aromatic rings. The van der Waals surface area contributed by atoms with Gasteiger partial charge in [-0.1, -0.05) is 38.5 Å². The Morgan fingerprint density at radius 3 is 2.13 bits per heavy atom. The predicted molar refractivity (Wildman–Crippen MR) is 64.0 cm³/mol. The van der Waals surface area contributed by atoms with E-state index >= 15 is 0 Å². The molecule has 0 aromatic carbocycles. The minimum Gasteiger partial charge on any atom is -0.384 e. The summed E-state index contributed by atoms with van der Waals surface area (Å²) < 4.78 is 5.54. The summed E-state index contributed by atoms with van der Waals surface area (Å²) in [5.74, 6) is 0.978. The second-order valence-corrected chi connectivity index (χ2v) is 5.69. The Morgan fingerprint density at radius 2 is 1.53 bits per heavy atom. The SMILES string of the molecule is COCC1(C2CCCCC2)CCCCC1. The molecule has 2 saturated carbocycles. The van der Waals surface area contributed by atoms with Crippen molar-refractivity contribution in [1.82, 2.24) is 0 Å². The Kier molecular flexibility index (Phi) is 4.07. The lowest BCUT2D eigenvalue weighted by molar-refractivity contribution is -0.0132. The average Bonchev–Trinajstić information content (AvgIpc) is 2.32. The van der Waals surface area contributed by atoms with Gasteiger partial charge in [0, 0.05) is 7.11 Å². The lowest BCUT2D eigenvalue weighted by atomic mass is 9.62. The molecule has 0 atom stereocenters. The van der Waals surface area contributed by atoms with E-state index in [9.17, 15) is 0 Å². The van der Waals surface area contributed by atoms with E-state index in [-0.39, 0.29) is 0 Å². The molecule has 15 heavy (non-hydrogen) atoms. The average molecular weight is 210 g/mol. The van der Waals surface area contributed by atoms with Crippen molar-refractivity contribution in [2.24, 2.45) is 11.3 Å². The van der Waals surface area contributed by atoms with E-state index in [1.54, 1.807) is 0 Å². The lowest BCUT2D eigenvalue weighted by Gasteiger charge is -2.45. The molecule has 0 heterocycles. The van der Waals surface area contributed by atoms with E-state index in [2.05, 4.69) is 0 Å². The van der Waals surface area contributed by atoms with Crippen molar-refractivity contribution in [3.8, 4) is 0 Å².